The van der Waals surface area contributed by atoms with Gasteiger partial charge in [0, 0.05) is 33.4 Å². The van der Waals surface area contributed by atoms with Gasteiger partial charge in [-0.05, 0) is 47.5 Å². The van der Waals surface area contributed by atoms with Gasteiger partial charge in [0.1, 0.15) is 11.2 Å². The lowest BCUT2D eigenvalue weighted by atomic mass is 9.95. The summed E-state index contributed by atoms with van der Waals surface area (Å²) in [6, 6.07) is 37.9. The first-order chi connectivity index (χ1) is 22.6. The molecule has 46 heavy (non-hydrogen) atoms. The number of nitrogens with two attached hydrogens (primary N) is 1. The zero-order valence-electron chi connectivity index (χ0n) is 24.9. The molecule has 222 valence electrons. The lowest BCUT2D eigenvalue weighted by molar-refractivity contribution is 0.199. The quantitative estimate of drug-likeness (QED) is 0.113. The minimum Gasteiger partial charge on any atom is -0.455 e. The van der Waals surface area contributed by atoms with E-state index in [0.717, 1.165) is 67.2 Å². The lowest BCUT2D eigenvalue weighted by Gasteiger charge is -2.18. The number of rotatable bonds is 6. The summed E-state index contributed by atoms with van der Waals surface area (Å²) in [5.74, 6) is 0.747. The van der Waals surface area contributed by atoms with E-state index in [0.29, 0.717) is 11.4 Å². The van der Waals surface area contributed by atoms with Crippen molar-refractivity contribution in [1.82, 2.24) is 9.97 Å². The van der Waals surface area contributed by atoms with Gasteiger partial charge >= 0.3 is 0 Å². The molecule has 0 spiro atoms. The molecule has 0 aliphatic heterocycles. The van der Waals surface area contributed by atoms with Crippen LogP contribution < -0.4 is 5.73 Å². The Balaban J connectivity index is 1.18. The third kappa shape index (κ3) is 5.05. The number of para-hydroxylation sites is 2. The molecular weight excluding hydrogens is 568 g/mol. The highest BCUT2D eigenvalue weighted by Gasteiger charge is 2.20. The minimum absolute atomic E-state index is 0.0254. The van der Waals surface area contributed by atoms with Gasteiger partial charge in [0.25, 0.3) is 0 Å². The molecule has 1 aliphatic carbocycles. The molecule has 1 aliphatic rings. The number of furan rings is 1. The van der Waals surface area contributed by atoms with Crippen LogP contribution >= 0.6 is 0 Å². The SMILES string of the molecule is N=C(OC(N)c1cccc(-c2cc(C3C=CC=CC3)nc(-c3cccc4c3oc3ccccc34)n2)c1)c1cccc2ccccc12. The Morgan fingerprint density at radius 1 is 0.804 bits per heavy atom. The molecule has 8 rings (SSSR count). The van der Waals surface area contributed by atoms with Crippen LogP contribution in [0.15, 0.2) is 144 Å². The normalized spacial score (nSPS) is 15.0. The van der Waals surface area contributed by atoms with Crippen molar-refractivity contribution in [1.29, 1.82) is 5.41 Å². The van der Waals surface area contributed by atoms with Gasteiger partial charge in [-0.25, -0.2) is 9.97 Å². The number of fused-ring (bicyclic) bond motifs is 4. The van der Waals surface area contributed by atoms with E-state index in [-0.39, 0.29) is 11.8 Å². The fourth-order valence-corrected chi connectivity index (χ4v) is 6.20. The number of nitrogens with zero attached hydrogens (tertiary/aromatic N) is 2. The molecule has 6 nitrogen and oxygen atoms in total. The van der Waals surface area contributed by atoms with Gasteiger partial charge in [0.2, 0.25) is 5.90 Å². The average molecular weight is 599 g/mol. The van der Waals surface area contributed by atoms with Crippen molar-refractivity contribution >= 4 is 38.6 Å². The summed E-state index contributed by atoms with van der Waals surface area (Å²) >= 11 is 0. The molecule has 2 atom stereocenters. The molecule has 7 aromatic rings. The maximum absolute atomic E-state index is 8.74. The van der Waals surface area contributed by atoms with Crippen LogP contribution in [0.2, 0.25) is 0 Å². The number of aromatic nitrogens is 2. The predicted octanol–water partition coefficient (Wildman–Crippen LogP) is 9.46. The number of benzene rings is 5. The van der Waals surface area contributed by atoms with Crippen molar-refractivity contribution in [3.05, 3.63) is 156 Å². The summed E-state index contributed by atoms with van der Waals surface area (Å²) in [7, 11) is 0. The Morgan fingerprint density at radius 3 is 2.48 bits per heavy atom. The molecule has 2 unspecified atom stereocenters. The summed E-state index contributed by atoms with van der Waals surface area (Å²) in [5, 5.41) is 12.8. The summed E-state index contributed by atoms with van der Waals surface area (Å²) < 4.78 is 12.4. The second kappa shape index (κ2) is 11.6. The predicted molar refractivity (Wildman–Crippen MR) is 185 cm³/mol. The maximum Gasteiger partial charge on any atom is 0.215 e. The highest BCUT2D eigenvalue weighted by molar-refractivity contribution is 6.09. The van der Waals surface area contributed by atoms with Crippen LogP contribution in [0.25, 0.3) is 55.4 Å². The standard InChI is InChI=1S/C40H30N4O2/c41-38(46-39(42)32-20-9-14-25-11-4-5-17-29(25)32)28-16-8-15-27(23-28)35-24-34(26-12-2-1-3-13-26)43-40(44-35)33-21-10-19-31-30-18-6-7-22-36(30)45-37(31)33/h1-12,14-24,26,38,42H,13,41H2. The maximum atomic E-state index is 8.74. The van der Waals surface area contributed by atoms with Crippen LogP contribution in [0.1, 0.15) is 35.4 Å². The van der Waals surface area contributed by atoms with Crippen molar-refractivity contribution < 1.29 is 9.15 Å². The van der Waals surface area contributed by atoms with Crippen molar-refractivity contribution in [2.24, 2.45) is 5.73 Å². The molecule has 0 amide bonds. The third-order valence-corrected chi connectivity index (χ3v) is 8.54. The molecule has 2 heterocycles. The Kier molecular flexibility index (Phi) is 6.97. The van der Waals surface area contributed by atoms with E-state index in [9.17, 15) is 0 Å². The van der Waals surface area contributed by atoms with Crippen molar-refractivity contribution in [3.8, 4) is 22.6 Å². The molecule has 0 saturated carbocycles. The zero-order valence-corrected chi connectivity index (χ0v) is 24.9. The number of hydrogen-bond donors (Lipinski definition) is 2. The Hall–Kier alpha value is -5.85. The van der Waals surface area contributed by atoms with Crippen LogP contribution in [0, 0.1) is 5.41 Å². The lowest BCUT2D eigenvalue weighted by Crippen LogP contribution is -2.19. The molecule has 0 radical (unpaired) electrons. The Bertz CT molecular complexity index is 2330. The van der Waals surface area contributed by atoms with E-state index in [1.807, 2.05) is 97.1 Å². The first kappa shape index (κ1) is 27.7. The second-order valence-electron chi connectivity index (χ2n) is 11.5. The van der Waals surface area contributed by atoms with Crippen LogP contribution in [0.3, 0.4) is 0 Å². The number of hydrogen-bond acceptors (Lipinski definition) is 6. The van der Waals surface area contributed by atoms with Gasteiger partial charge in [-0.3, -0.25) is 11.1 Å². The molecule has 3 N–H and O–H groups in total. The molecule has 0 fully saturated rings. The van der Waals surface area contributed by atoms with E-state index >= 15 is 0 Å². The summed E-state index contributed by atoms with van der Waals surface area (Å²) in [5.41, 5.74) is 13.0. The Morgan fingerprint density at radius 2 is 1.59 bits per heavy atom. The van der Waals surface area contributed by atoms with E-state index < -0.39 is 6.23 Å². The first-order valence-corrected chi connectivity index (χ1v) is 15.3. The molecule has 6 heteroatoms. The van der Waals surface area contributed by atoms with Gasteiger partial charge in [-0.15, -0.1) is 0 Å². The van der Waals surface area contributed by atoms with Gasteiger partial charge in [0.15, 0.2) is 12.1 Å². The first-order valence-electron chi connectivity index (χ1n) is 15.3. The van der Waals surface area contributed by atoms with E-state index in [4.69, 9.17) is 30.3 Å². The second-order valence-corrected chi connectivity index (χ2v) is 11.5. The van der Waals surface area contributed by atoms with Gasteiger partial charge in [0.05, 0.1) is 17.0 Å². The average Bonchev–Trinajstić information content (AvgIpc) is 3.50. The van der Waals surface area contributed by atoms with Crippen molar-refractivity contribution in [2.45, 2.75) is 18.6 Å². The fourth-order valence-electron chi connectivity index (χ4n) is 6.20. The van der Waals surface area contributed by atoms with Crippen molar-refractivity contribution in [3.63, 3.8) is 0 Å². The van der Waals surface area contributed by atoms with Crippen LogP contribution in [0.4, 0.5) is 0 Å². The van der Waals surface area contributed by atoms with E-state index in [1.54, 1.807) is 0 Å². The minimum atomic E-state index is -0.845. The molecule has 2 aromatic heterocycles. The van der Waals surface area contributed by atoms with Crippen LogP contribution in [0.5, 0.6) is 0 Å². The summed E-state index contributed by atoms with van der Waals surface area (Å²) in [4.78, 5) is 10.2. The molecule has 0 saturated heterocycles. The number of ether oxygens (including phenoxy) is 1. The summed E-state index contributed by atoms with van der Waals surface area (Å²) in [6.45, 7) is 0. The number of nitrogens with one attached hydrogen (secondary N) is 1. The number of allylic oxidation sites excluding steroid dienone is 4. The van der Waals surface area contributed by atoms with Gasteiger partial charge in [-0.2, -0.15) is 0 Å². The smallest absolute Gasteiger partial charge is 0.215 e. The van der Waals surface area contributed by atoms with Crippen molar-refractivity contribution in [2.75, 3.05) is 0 Å². The van der Waals surface area contributed by atoms with E-state index in [2.05, 4.69) is 42.5 Å². The molecular formula is C40H30N4O2. The highest BCUT2D eigenvalue weighted by atomic mass is 16.5. The molecule has 5 aromatic carbocycles. The van der Waals surface area contributed by atoms with Gasteiger partial charge in [-0.1, -0.05) is 109 Å². The third-order valence-electron chi connectivity index (χ3n) is 8.54. The topological polar surface area (TPSA) is 98.0 Å². The van der Waals surface area contributed by atoms with Gasteiger partial charge < -0.3 is 9.15 Å². The fraction of sp³-hybridized carbons (Fsp3) is 0.0750. The zero-order chi connectivity index (χ0) is 31.0. The molecule has 0 bridgehead atoms. The monoisotopic (exact) mass is 598 g/mol. The van der Waals surface area contributed by atoms with Crippen LogP contribution in [-0.2, 0) is 4.74 Å². The van der Waals surface area contributed by atoms with E-state index in [1.165, 1.54) is 0 Å². The highest BCUT2D eigenvalue weighted by Crippen LogP contribution is 2.37. The van der Waals surface area contributed by atoms with Crippen LogP contribution in [-0.4, -0.2) is 15.9 Å². The Labute approximate surface area is 266 Å². The largest absolute Gasteiger partial charge is 0.455 e. The summed E-state index contributed by atoms with van der Waals surface area (Å²) in [6.07, 6.45) is 8.48.